The van der Waals surface area contributed by atoms with Crippen molar-refractivity contribution in [3.63, 3.8) is 0 Å². The molecule has 0 aliphatic carbocycles. The zero-order valence-electron chi connectivity index (χ0n) is 13.4. The lowest BCUT2D eigenvalue weighted by Gasteiger charge is -2.27. The molecule has 3 aromatic rings. The predicted molar refractivity (Wildman–Crippen MR) is 98.0 cm³/mol. The van der Waals surface area contributed by atoms with Gasteiger partial charge in [0.15, 0.2) is 0 Å². The van der Waals surface area contributed by atoms with Crippen LogP contribution in [0.15, 0.2) is 48.7 Å². The van der Waals surface area contributed by atoms with Gasteiger partial charge in [0, 0.05) is 23.7 Å². The summed E-state index contributed by atoms with van der Waals surface area (Å²) in [6.45, 7) is 4.68. The van der Waals surface area contributed by atoms with E-state index < -0.39 is 0 Å². The van der Waals surface area contributed by atoms with Gasteiger partial charge in [-0.3, -0.25) is 4.98 Å². The molecule has 0 spiro atoms. The molecular formula is C19H17Cl2FN2. The SMILES string of the molecule is CC(C)(NCc1ccc(F)c2cccnc12)c1ccc(Cl)c(Cl)c1. The van der Waals surface area contributed by atoms with Crippen LogP contribution >= 0.6 is 23.2 Å². The van der Waals surface area contributed by atoms with E-state index in [1.807, 2.05) is 12.1 Å². The van der Waals surface area contributed by atoms with Crippen LogP contribution < -0.4 is 5.32 Å². The van der Waals surface area contributed by atoms with Crippen molar-refractivity contribution in [1.29, 1.82) is 0 Å². The van der Waals surface area contributed by atoms with Crippen molar-refractivity contribution in [2.24, 2.45) is 0 Å². The molecule has 0 bridgehead atoms. The number of fused-ring (bicyclic) bond motifs is 1. The average Bonchev–Trinajstić information content (AvgIpc) is 2.57. The highest BCUT2D eigenvalue weighted by Gasteiger charge is 2.21. The van der Waals surface area contributed by atoms with Crippen LogP contribution in [0.3, 0.4) is 0 Å². The van der Waals surface area contributed by atoms with Crippen LogP contribution in [0.2, 0.25) is 10.0 Å². The topological polar surface area (TPSA) is 24.9 Å². The maximum atomic E-state index is 13.9. The molecule has 0 saturated carbocycles. The molecule has 3 rings (SSSR count). The van der Waals surface area contributed by atoms with E-state index in [1.54, 1.807) is 30.5 Å². The first-order valence-electron chi connectivity index (χ1n) is 7.61. The van der Waals surface area contributed by atoms with Gasteiger partial charge in [0.2, 0.25) is 0 Å². The fourth-order valence-electron chi connectivity index (χ4n) is 2.64. The van der Waals surface area contributed by atoms with Crippen molar-refractivity contribution in [3.8, 4) is 0 Å². The van der Waals surface area contributed by atoms with E-state index in [2.05, 4.69) is 24.1 Å². The Morgan fingerprint density at radius 1 is 1.08 bits per heavy atom. The molecule has 2 nitrogen and oxygen atoms in total. The molecule has 0 saturated heterocycles. The van der Waals surface area contributed by atoms with Crippen LogP contribution in [-0.2, 0) is 12.1 Å². The van der Waals surface area contributed by atoms with Gasteiger partial charge < -0.3 is 5.32 Å². The highest BCUT2D eigenvalue weighted by atomic mass is 35.5. The Bertz CT molecular complexity index is 894. The summed E-state index contributed by atoms with van der Waals surface area (Å²) in [5.74, 6) is -0.259. The standard InChI is InChI=1S/C19H17Cl2FN2/c1-19(2,13-6-7-15(20)16(21)10-13)24-11-12-5-8-17(22)14-4-3-9-23-18(12)14/h3-10,24H,11H2,1-2H3. The maximum Gasteiger partial charge on any atom is 0.132 e. The maximum absolute atomic E-state index is 13.9. The zero-order chi connectivity index (χ0) is 17.3. The Morgan fingerprint density at radius 2 is 1.88 bits per heavy atom. The molecule has 0 unspecified atom stereocenters. The molecule has 0 amide bonds. The summed E-state index contributed by atoms with van der Waals surface area (Å²) in [6, 6.07) is 12.3. The van der Waals surface area contributed by atoms with E-state index in [1.165, 1.54) is 6.07 Å². The van der Waals surface area contributed by atoms with Crippen LogP contribution in [0, 0.1) is 5.82 Å². The van der Waals surface area contributed by atoms with Gasteiger partial charge in [0.25, 0.3) is 0 Å². The van der Waals surface area contributed by atoms with Crippen LogP contribution in [0.4, 0.5) is 4.39 Å². The van der Waals surface area contributed by atoms with Gasteiger partial charge in [-0.1, -0.05) is 35.3 Å². The number of halogens is 3. The number of nitrogens with one attached hydrogen (secondary N) is 1. The molecule has 0 aliphatic heterocycles. The van der Waals surface area contributed by atoms with Crippen LogP contribution in [0.1, 0.15) is 25.0 Å². The molecule has 0 radical (unpaired) electrons. The van der Waals surface area contributed by atoms with Crippen molar-refractivity contribution < 1.29 is 4.39 Å². The Balaban J connectivity index is 1.87. The van der Waals surface area contributed by atoms with Crippen molar-refractivity contribution >= 4 is 34.1 Å². The van der Waals surface area contributed by atoms with Crippen molar-refractivity contribution in [2.45, 2.75) is 25.9 Å². The lowest BCUT2D eigenvalue weighted by atomic mass is 9.94. The summed E-state index contributed by atoms with van der Waals surface area (Å²) in [5, 5.41) is 5.08. The molecule has 24 heavy (non-hydrogen) atoms. The molecule has 1 heterocycles. The summed E-state index contributed by atoms with van der Waals surface area (Å²) >= 11 is 12.1. The molecule has 5 heteroatoms. The number of nitrogens with zero attached hydrogens (tertiary/aromatic N) is 1. The minimum Gasteiger partial charge on any atom is -0.304 e. The van der Waals surface area contributed by atoms with Gasteiger partial charge >= 0.3 is 0 Å². The van der Waals surface area contributed by atoms with Crippen LogP contribution in [-0.4, -0.2) is 4.98 Å². The number of rotatable bonds is 4. The van der Waals surface area contributed by atoms with E-state index in [4.69, 9.17) is 23.2 Å². The highest BCUT2D eigenvalue weighted by molar-refractivity contribution is 6.42. The van der Waals surface area contributed by atoms with Gasteiger partial charge in [-0.15, -0.1) is 0 Å². The van der Waals surface area contributed by atoms with E-state index in [0.717, 1.165) is 11.1 Å². The van der Waals surface area contributed by atoms with E-state index in [9.17, 15) is 4.39 Å². The van der Waals surface area contributed by atoms with Crippen molar-refractivity contribution in [1.82, 2.24) is 10.3 Å². The molecular weight excluding hydrogens is 346 g/mol. The monoisotopic (exact) mass is 362 g/mol. The highest BCUT2D eigenvalue weighted by Crippen LogP contribution is 2.29. The number of benzene rings is 2. The van der Waals surface area contributed by atoms with Gasteiger partial charge in [-0.05, 0) is 55.3 Å². The van der Waals surface area contributed by atoms with Gasteiger partial charge in [0.05, 0.1) is 15.6 Å². The zero-order valence-corrected chi connectivity index (χ0v) is 14.9. The third kappa shape index (κ3) is 3.39. The molecule has 1 N–H and O–H groups in total. The summed E-state index contributed by atoms with van der Waals surface area (Å²) < 4.78 is 13.9. The second kappa shape index (κ2) is 6.67. The fourth-order valence-corrected chi connectivity index (χ4v) is 2.94. The summed E-state index contributed by atoms with van der Waals surface area (Å²) in [7, 11) is 0. The number of aromatic nitrogens is 1. The Labute approximate surface area is 150 Å². The first-order chi connectivity index (χ1) is 11.4. The molecule has 0 fully saturated rings. The lowest BCUT2D eigenvalue weighted by molar-refractivity contribution is 0.402. The molecule has 1 aromatic heterocycles. The number of hydrogen-bond acceptors (Lipinski definition) is 2. The van der Waals surface area contributed by atoms with Gasteiger partial charge in [0.1, 0.15) is 5.82 Å². The quantitative estimate of drug-likeness (QED) is 0.643. The third-order valence-corrected chi connectivity index (χ3v) is 4.90. The van der Waals surface area contributed by atoms with Crippen molar-refractivity contribution in [2.75, 3.05) is 0 Å². The number of pyridine rings is 1. The second-order valence-corrected chi connectivity index (χ2v) is 7.03. The van der Waals surface area contributed by atoms with Crippen molar-refractivity contribution in [3.05, 3.63) is 75.7 Å². The first kappa shape index (κ1) is 17.2. The second-order valence-electron chi connectivity index (χ2n) is 6.21. The minimum absolute atomic E-state index is 0.259. The largest absolute Gasteiger partial charge is 0.304 e. The predicted octanol–water partition coefficient (Wildman–Crippen LogP) is 5.71. The van der Waals surface area contributed by atoms with Crippen LogP contribution in [0.5, 0.6) is 0 Å². The van der Waals surface area contributed by atoms with Gasteiger partial charge in [-0.25, -0.2) is 4.39 Å². The Morgan fingerprint density at radius 3 is 2.62 bits per heavy atom. The Hall–Kier alpha value is -1.68. The Kier molecular flexibility index (Phi) is 4.77. The van der Waals surface area contributed by atoms with Gasteiger partial charge in [-0.2, -0.15) is 0 Å². The molecule has 0 atom stereocenters. The molecule has 124 valence electrons. The smallest absolute Gasteiger partial charge is 0.132 e. The van der Waals surface area contributed by atoms with E-state index >= 15 is 0 Å². The minimum atomic E-state index is -0.330. The summed E-state index contributed by atoms with van der Waals surface area (Å²) in [5.41, 5.74) is 2.32. The summed E-state index contributed by atoms with van der Waals surface area (Å²) in [4.78, 5) is 4.32. The van der Waals surface area contributed by atoms with E-state index in [0.29, 0.717) is 27.5 Å². The van der Waals surface area contributed by atoms with Crippen LogP contribution in [0.25, 0.3) is 10.9 Å². The fraction of sp³-hybridized carbons (Fsp3) is 0.211. The molecule has 0 aliphatic rings. The normalized spacial score (nSPS) is 11.9. The van der Waals surface area contributed by atoms with E-state index in [-0.39, 0.29) is 11.4 Å². The third-order valence-electron chi connectivity index (χ3n) is 4.16. The average molecular weight is 363 g/mol. The first-order valence-corrected chi connectivity index (χ1v) is 8.37. The summed E-state index contributed by atoms with van der Waals surface area (Å²) in [6.07, 6.45) is 1.68. The number of hydrogen-bond donors (Lipinski definition) is 1. The molecule has 2 aromatic carbocycles. The lowest BCUT2D eigenvalue weighted by Crippen LogP contribution is -2.36.